The predicted molar refractivity (Wildman–Crippen MR) is 73.0 cm³/mol. The van der Waals surface area contributed by atoms with Crippen molar-refractivity contribution in [1.29, 1.82) is 0 Å². The first-order chi connectivity index (χ1) is 8.32. The Kier molecular flexibility index (Phi) is 4.84. The zero-order valence-electron chi connectivity index (χ0n) is 11.7. The summed E-state index contributed by atoms with van der Waals surface area (Å²) >= 11 is 0. The maximum absolute atomic E-state index is 12.1. The lowest BCUT2D eigenvalue weighted by Crippen LogP contribution is -2.49. The molecule has 1 aromatic heterocycles. The van der Waals surface area contributed by atoms with Gasteiger partial charge in [0.1, 0.15) is 0 Å². The fourth-order valence-corrected chi connectivity index (χ4v) is 1.56. The van der Waals surface area contributed by atoms with Crippen LogP contribution in [0.15, 0.2) is 24.5 Å². The molecule has 0 bridgehead atoms. The summed E-state index contributed by atoms with van der Waals surface area (Å²) < 4.78 is 0. The highest BCUT2D eigenvalue weighted by Gasteiger charge is 2.29. The number of hydrogen-bond donors (Lipinski definition) is 1. The highest BCUT2D eigenvalue weighted by Crippen LogP contribution is 2.18. The zero-order valence-corrected chi connectivity index (χ0v) is 11.7. The first kappa shape index (κ1) is 14.6. The molecule has 1 aromatic rings. The number of nitrogens with two attached hydrogens (primary N) is 1. The van der Waals surface area contributed by atoms with Crippen molar-refractivity contribution in [3.05, 3.63) is 30.1 Å². The van der Waals surface area contributed by atoms with Gasteiger partial charge >= 0.3 is 0 Å². The van der Waals surface area contributed by atoms with E-state index in [0.29, 0.717) is 6.54 Å². The van der Waals surface area contributed by atoms with Gasteiger partial charge in [-0.1, -0.05) is 20.8 Å². The van der Waals surface area contributed by atoms with Gasteiger partial charge in [-0.05, 0) is 29.5 Å². The molecule has 0 aliphatic carbocycles. The highest BCUT2D eigenvalue weighted by atomic mass is 16.2. The Morgan fingerprint density at radius 2 is 1.94 bits per heavy atom. The van der Waals surface area contributed by atoms with Crippen molar-refractivity contribution in [2.45, 2.75) is 33.2 Å². The third kappa shape index (κ3) is 4.11. The van der Waals surface area contributed by atoms with Crippen LogP contribution >= 0.6 is 0 Å². The van der Waals surface area contributed by atoms with Gasteiger partial charge in [-0.15, -0.1) is 0 Å². The van der Waals surface area contributed by atoms with E-state index >= 15 is 0 Å². The Labute approximate surface area is 109 Å². The molecule has 0 radical (unpaired) electrons. The van der Waals surface area contributed by atoms with Crippen LogP contribution in [0.3, 0.4) is 0 Å². The van der Waals surface area contributed by atoms with Crippen LogP contribution in [0.25, 0.3) is 0 Å². The Bertz CT molecular complexity index is 384. The van der Waals surface area contributed by atoms with Crippen LogP contribution in [0.5, 0.6) is 0 Å². The molecule has 1 amide bonds. The van der Waals surface area contributed by atoms with Gasteiger partial charge in [0.05, 0.1) is 6.04 Å². The smallest absolute Gasteiger partial charge is 0.239 e. The van der Waals surface area contributed by atoms with Gasteiger partial charge < -0.3 is 10.6 Å². The third-order valence-corrected chi connectivity index (χ3v) is 3.06. The molecule has 0 unspecified atom stereocenters. The number of rotatable bonds is 4. The summed E-state index contributed by atoms with van der Waals surface area (Å²) in [6.45, 7) is 6.61. The lowest BCUT2D eigenvalue weighted by atomic mass is 9.86. The quantitative estimate of drug-likeness (QED) is 0.878. The summed E-state index contributed by atoms with van der Waals surface area (Å²) in [5.74, 6) is -0.00319. The second-order valence-electron chi connectivity index (χ2n) is 5.71. The lowest BCUT2D eigenvalue weighted by molar-refractivity contribution is -0.133. The first-order valence-corrected chi connectivity index (χ1v) is 6.22. The molecule has 1 heterocycles. The number of carbonyl (C=O) groups excluding carboxylic acids is 1. The second-order valence-corrected chi connectivity index (χ2v) is 5.71. The summed E-state index contributed by atoms with van der Waals surface area (Å²) in [6.07, 6.45) is 4.34. The van der Waals surface area contributed by atoms with Crippen LogP contribution in [0.1, 0.15) is 26.3 Å². The summed E-state index contributed by atoms with van der Waals surface area (Å²) in [5.41, 5.74) is 6.93. The minimum atomic E-state index is -0.458. The van der Waals surface area contributed by atoms with Crippen LogP contribution in [0.4, 0.5) is 0 Å². The maximum Gasteiger partial charge on any atom is 0.239 e. The number of likely N-dealkylation sites (N-methyl/N-ethyl adjacent to an activating group) is 1. The molecule has 0 aromatic carbocycles. The van der Waals surface area contributed by atoms with Crippen molar-refractivity contribution in [3.8, 4) is 0 Å². The molecule has 1 atom stereocenters. The Morgan fingerprint density at radius 1 is 1.39 bits per heavy atom. The molecule has 0 fully saturated rings. The Balaban J connectivity index is 2.51. The molecule has 2 N–H and O–H groups in total. The summed E-state index contributed by atoms with van der Waals surface area (Å²) in [7, 11) is 1.80. The molecule has 0 aliphatic heterocycles. The lowest BCUT2D eigenvalue weighted by Gasteiger charge is -2.30. The van der Waals surface area contributed by atoms with E-state index in [9.17, 15) is 4.79 Å². The van der Waals surface area contributed by atoms with Gasteiger partial charge in [0.25, 0.3) is 0 Å². The monoisotopic (exact) mass is 249 g/mol. The number of nitrogens with zero attached hydrogens (tertiary/aromatic N) is 2. The van der Waals surface area contributed by atoms with Crippen molar-refractivity contribution in [3.63, 3.8) is 0 Å². The van der Waals surface area contributed by atoms with E-state index in [0.717, 1.165) is 6.42 Å². The van der Waals surface area contributed by atoms with Crippen LogP contribution in [0.2, 0.25) is 0 Å². The molecular weight excluding hydrogens is 226 g/mol. The van der Waals surface area contributed by atoms with Crippen molar-refractivity contribution >= 4 is 5.91 Å². The van der Waals surface area contributed by atoms with Gasteiger partial charge in [0.2, 0.25) is 5.91 Å². The number of aromatic nitrogens is 1. The number of hydrogen-bond acceptors (Lipinski definition) is 3. The van der Waals surface area contributed by atoms with Gasteiger partial charge in [-0.3, -0.25) is 9.78 Å². The fourth-order valence-electron chi connectivity index (χ4n) is 1.56. The number of amides is 1. The molecule has 0 spiro atoms. The Hall–Kier alpha value is -1.42. The standard InChI is InChI=1S/C14H23N3O/c1-14(2,3)12(15)13(18)17(4)10-7-11-5-8-16-9-6-11/h5-6,8-9,12H,7,10,15H2,1-4H3/t12-/m0/s1. The molecule has 1 rings (SSSR count). The predicted octanol–water partition coefficient (Wildman–Crippen LogP) is 1.46. The van der Waals surface area contributed by atoms with E-state index < -0.39 is 6.04 Å². The van der Waals surface area contributed by atoms with Gasteiger partial charge in [0.15, 0.2) is 0 Å². The zero-order chi connectivity index (χ0) is 13.8. The molecular formula is C14H23N3O. The highest BCUT2D eigenvalue weighted by molar-refractivity contribution is 5.82. The minimum absolute atomic E-state index is 0.00319. The van der Waals surface area contributed by atoms with Crippen molar-refractivity contribution in [2.24, 2.45) is 11.1 Å². The summed E-state index contributed by atoms with van der Waals surface area (Å²) in [4.78, 5) is 17.8. The average Bonchev–Trinajstić information content (AvgIpc) is 2.34. The van der Waals surface area contributed by atoms with Crippen molar-refractivity contribution in [1.82, 2.24) is 9.88 Å². The van der Waals surface area contributed by atoms with E-state index in [1.54, 1.807) is 24.3 Å². The van der Waals surface area contributed by atoms with E-state index in [1.807, 2.05) is 32.9 Å². The average molecular weight is 249 g/mol. The fraction of sp³-hybridized carbons (Fsp3) is 0.571. The van der Waals surface area contributed by atoms with E-state index in [1.165, 1.54) is 5.56 Å². The van der Waals surface area contributed by atoms with Gasteiger partial charge in [0, 0.05) is 26.0 Å². The molecule has 4 heteroatoms. The molecule has 0 aliphatic rings. The third-order valence-electron chi connectivity index (χ3n) is 3.06. The van der Waals surface area contributed by atoms with Crippen LogP contribution in [0, 0.1) is 5.41 Å². The van der Waals surface area contributed by atoms with E-state index in [-0.39, 0.29) is 11.3 Å². The molecule has 100 valence electrons. The SMILES string of the molecule is CN(CCc1ccncc1)C(=O)[C@H](N)C(C)(C)C. The summed E-state index contributed by atoms with van der Waals surface area (Å²) in [5, 5.41) is 0. The van der Waals surface area contributed by atoms with Gasteiger partial charge in [-0.25, -0.2) is 0 Å². The number of carbonyl (C=O) groups is 1. The van der Waals surface area contributed by atoms with Gasteiger partial charge in [-0.2, -0.15) is 0 Å². The van der Waals surface area contributed by atoms with Crippen LogP contribution in [-0.4, -0.2) is 35.4 Å². The molecule has 0 saturated carbocycles. The topological polar surface area (TPSA) is 59.2 Å². The molecule has 18 heavy (non-hydrogen) atoms. The molecule has 0 saturated heterocycles. The number of pyridine rings is 1. The second kappa shape index (κ2) is 5.96. The minimum Gasteiger partial charge on any atom is -0.344 e. The normalized spacial score (nSPS) is 13.2. The Morgan fingerprint density at radius 3 is 2.44 bits per heavy atom. The van der Waals surface area contributed by atoms with Crippen LogP contribution in [-0.2, 0) is 11.2 Å². The first-order valence-electron chi connectivity index (χ1n) is 6.22. The van der Waals surface area contributed by atoms with E-state index in [2.05, 4.69) is 4.98 Å². The van der Waals surface area contributed by atoms with Crippen molar-refractivity contribution < 1.29 is 4.79 Å². The van der Waals surface area contributed by atoms with Crippen LogP contribution < -0.4 is 5.73 Å². The largest absolute Gasteiger partial charge is 0.344 e. The maximum atomic E-state index is 12.1. The van der Waals surface area contributed by atoms with E-state index in [4.69, 9.17) is 5.73 Å². The molecule has 4 nitrogen and oxygen atoms in total. The van der Waals surface area contributed by atoms with Crippen molar-refractivity contribution in [2.75, 3.05) is 13.6 Å². The summed E-state index contributed by atoms with van der Waals surface area (Å²) in [6, 6.07) is 3.46.